The van der Waals surface area contributed by atoms with E-state index in [1.54, 1.807) is 0 Å². The van der Waals surface area contributed by atoms with Gasteiger partial charge in [0.25, 0.3) is 0 Å². The Morgan fingerprint density at radius 1 is 1.23 bits per heavy atom. The Balaban J connectivity index is 1.29. The van der Waals surface area contributed by atoms with E-state index in [0.29, 0.717) is 24.7 Å². The molecule has 140 valence electrons. The number of pyridine rings is 1. The largest absolute Gasteiger partial charge is 0.375 e. The van der Waals surface area contributed by atoms with E-state index in [1.807, 2.05) is 36.5 Å². The molecule has 0 radical (unpaired) electrons. The van der Waals surface area contributed by atoms with Gasteiger partial charge in [-0.15, -0.1) is 11.3 Å². The molecular weight excluding hydrogens is 344 g/mol. The van der Waals surface area contributed by atoms with Gasteiger partial charge in [0.05, 0.1) is 31.6 Å². The monoisotopic (exact) mass is 372 g/mol. The molecule has 5 heteroatoms. The molecule has 2 aromatic rings. The topological polar surface area (TPSA) is 34.6 Å². The van der Waals surface area contributed by atoms with Crippen LogP contribution in [0.25, 0.3) is 0 Å². The molecule has 3 heterocycles. The van der Waals surface area contributed by atoms with Gasteiger partial charge >= 0.3 is 0 Å². The first-order valence-electron chi connectivity index (χ1n) is 9.58. The van der Waals surface area contributed by atoms with E-state index >= 15 is 0 Å². The lowest BCUT2D eigenvalue weighted by Crippen LogP contribution is -2.47. The van der Waals surface area contributed by atoms with Crippen LogP contribution in [-0.2, 0) is 22.6 Å². The molecule has 1 aliphatic heterocycles. The molecule has 1 saturated heterocycles. The van der Waals surface area contributed by atoms with Gasteiger partial charge in [-0.3, -0.25) is 9.88 Å². The summed E-state index contributed by atoms with van der Waals surface area (Å²) in [5.41, 5.74) is 2.07. The average molecular weight is 373 g/mol. The summed E-state index contributed by atoms with van der Waals surface area (Å²) in [6.07, 6.45) is 2.66. The Morgan fingerprint density at radius 2 is 2.15 bits per heavy atom. The Labute approximate surface area is 160 Å². The number of nitrogens with zero attached hydrogens (tertiary/aromatic N) is 2. The van der Waals surface area contributed by atoms with Gasteiger partial charge in [-0.2, -0.15) is 0 Å². The van der Waals surface area contributed by atoms with E-state index in [4.69, 9.17) is 9.47 Å². The third-order valence-electron chi connectivity index (χ3n) is 5.45. The molecule has 4 rings (SSSR count). The van der Waals surface area contributed by atoms with Crippen molar-refractivity contribution >= 4 is 11.3 Å². The number of ether oxygens (including phenoxy) is 2. The van der Waals surface area contributed by atoms with E-state index < -0.39 is 0 Å². The molecule has 26 heavy (non-hydrogen) atoms. The van der Waals surface area contributed by atoms with Crippen molar-refractivity contribution in [3.63, 3.8) is 0 Å². The van der Waals surface area contributed by atoms with Crippen molar-refractivity contribution in [2.24, 2.45) is 5.92 Å². The lowest BCUT2D eigenvalue weighted by atomic mass is 10.1. The van der Waals surface area contributed by atoms with Crippen LogP contribution in [0.2, 0.25) is 0 Å². The fourth-order valence-corrected chi connectivity index (χ4v) is 5.15. The average Bonchev–Trinajstić information content (AvgIpc) is 3.21. The molecule has 0 bridgehead atoms. The van der Waals surface area contributed by atoms with Crippen molar-refractivity contribution in [3.05, 3.63) is 51.5 Å². The standard InChI is InChI=1S/C21H28N2O2S/c1-15-4-3-5-18(22-15)14-24-13-17-10-20-21(11-17)25-9-8-23(20)12-19-7-6-16(2)26-19/h3-7,17,20-21H,8-14H2,1-2H3. The minimum Gasteiger partial charge on any atom is -0.375 e. The van der Waals surface area contributed by atoms with E-state index in [-0.39, 0.29) is 0 Å². The van der Waals surface area contributed by atoms with Gasteiger partial charge in [-0.1, -0.05) is 6.07 Å². The van der Waals surface area contributed by atoms with Crippen LogP contribution in [-0.4, -0.2) is 41.8 Å². The number of aryl methyl sites for hydroxylation is 2. The van der Waals surface area contributed by atoms with Crippen LogP contribution in [0.15, 0.2) is 30.3 Å². The number of morpholine rings is 1. The first-order chi connectivity index (χ1) is 12.7. The van der Waals surface area contributed by atoms with Crippen molar-refractivity contribution < 1.29 is 9.47 Å². The number of fused-ring (bicyclic) bond motifs is 1. The zero-order valence-corrected chi connectivity index (χ0v) is 16.5. The molecule has 1 aliphatic carbocycles. The lowest BCUT2D eigenvalue weighted by Gasteiger charge is -2.37. The SMILES string of the molecule is Cc1cccc(COCC2CC3OCCN(Cc4ccc(C)s4)C3C2)n1. The second-order valence-electron chi connectivity index (χ2n) is 7.58. The molecule has 1 saturated carbocycles. The highest BCUT2D eigenvalue weighted by molar-refractivity contribution is 7.11. The van der Waals surface area contributed by atoms with Crippen molar-refractivity contribution in [3.8, 4) is 0 Å². The van der Waals surface area contributed by atoms with E-state index in [2.05, 4.69) is 28.9 Å². The minimum atomic E-state index is 0.371. The first-order valence-corrected chi connectivity index (χ1v) is 10.4. The normalized spacial score (nSPS) is 26.2. The molecule has 3 unspecified atom stereocenters. The van der Waals surface area contributed by atoms with Crippen LogP contribution in [0, 0.1) is 19.8 Å². The summed E-state index contributed by atoms with van der Waals surface area (Å²) in [6.45, 7) is 8.56. The predicted octanol–water partition coefficient (Wildman–Crippen LogP) is 3.96. The molecule has 0 aromatic carbocycles. The fraction of sp³-hybridized carbons (Fsp3) is 0.571. The van der Waals surface area contributed by atoms with Crippen LogP contribution >= 0.6 is 11.3 Å². The highest BCUT2D eigenvalue weighted by atomic mass is 32.1. The number of hydrogen-bond donors (Lipinski definition) is 0. The molecular formula is C21H28N2O2S. The molecule has 0 N–H and O–H groups in total. The van der Waals surface area contributed by atoms with E-state index in [9.17, 15) is 0 Å². The van der Waals surface area contributed by atoms with Gasteiger partial charge in [-0.25, -0.2) is 0 Å². The molecule has 2 fully saturated rings. The number of hydrogen-bond acceptors (Lipinski definition) is 5. The summed E-state index contributed by atoms with van der Waals surface area (Å²) in [4.78, 5) is 10.0. The highest BCUT2D eigenvalue weighted by Crippen LogP contribution is 2.35. The number of rotatable bonds is 6. The summed E-state index contributed by atoms with van der Waals surface area (Å²) < 4.78 is 12.1. The van der Waals surface area contributed by atoms with Gasteiger partial charge in [0.15, 0.2) is 0 Å². The summed E-state index contributed by atoms with van der Waals surface area (Å²) in [5, 5.41) is 0. The Hall–Kier alpha value is -1.27. The second kappa shape index (κ2) is 8.17. The Morgan fingerprint density at radius 3 is 2.96 bits per heavy atom. The van der Waals surface area contributed by atoms with Gasteiger partial charge < -0.3 is 9.47 Å². The van der Waals surface area contributed by atoms with Crippen molar-refractivity contribution in [1.82, 2.24) is 9.88 Å². The summed E-state index contributed by atoms with van der Waals surface area (Å²) in [6, 6.07) is 11.1. The fourth-order valence-electron chi connectivity index (χ4n) is 4.24. The highest BCUT2D eigenvalue weighted by Gasteiger charge is 2.41. The quantitative estimate of drug-likeness (QED) is 0.769. The van der Waals surface area contributed by atoms with Crippen LogP contribution in [0.1, 0.15) is 34.0 Å². The molecule has 0 amide bonds. The maximum absolute atomic E-state index is 6.08. The van der Waals surface area contributed by atoms with Crippen molar-refractivity contribution in [2.45, 2.75) is 52.0 Å². The number of aromatic nitrogens is 1. The van der Waals surface area contributed by atoms with Crippen molar-refractivity contribution in [1.29, 1.82) is 0 Å². The predicted molar refractivity (Wildman–Crippen MR) is 104 cm³/mol. The van der Waals surface area contributed by atoms with Crippen molar-refractivity contribution in [2.75, 3.05) is 19.8 Å². The lowest BCUT2D eigenvalue weighted by molar-refractivity contribution is -0.0588. The second-order valence-corrected chi connectivity index (χ2v) is 8.95. The minimum absolute atomic E-state index is 0.371. The maximum Gasteiger partial charge on any atom is 0.0888 e. The first kappa shape index (κ1) is 18.1. The van der Waals surface area contributed by atoms with Gasteiger partial charge in [0, 0.05) is 34.6 Å². The Kier molecular flexibility index (Phi) is 5.69. The van der Waals surface area contributed by atoms with E-state index in [1.165, 1.54) is 16.2 Å². The van der Waals surface area contributed by atoms with E-state index in [0.717, 1.165) is 44.1 Å². The summed E-state index contributed by atoms with van der Waals surface area (Å²) in [7, 11) is 0. The van der Waals surface area contributed by atoms with Gasteiger partial charge in [-0.05, 0) is 56.9 Å². The zero-order valence-electron chi connectivity index (χ0n) is 15.7. The number of thiophene rings is 1. The van der Waals surface area contributed by atoms with Crippen LogP contribution < -0.4 is 0 Å². The molecule has 4 nitrogen and oxygen atoms in total. The van der Waals surface area contributed by atoms with Gasteiger partial charge in [0.1, 0.15) is 0 Å². The van der Waals surface area contributed by atoms with Crippen LogP contribution in [0.5, 0.6) is 0 Å². The maximum atomic E-state index is 6.08. The van der Waals surface area contributed by atoms with Crippen LogP contribution in [0.3, 0.4) is 0 Å². The third kappa shape index (κ3) is 4.34. The third-order valence-corrected chi connectivity index (χ3v) is 6.44. The Bertz CT molecular complexity index is 732. The molecule has 0 spiro atoms. The summed E-state index contributed by atoms with van der Waals surface area (Å²) >= 11 is 1.91. The van der Waals surface area contributed by atoms with Crippen LogP contribution in [0.4, 0.5) is 0 Å². The smallest absolute Gasteiger partial charge is 0.0888 e. The molecule has 2 aliphatic rings. The zero-order chi connectivity index (χ0) is 17.9. The molecule has 3 atom stereocenters. The van der Waals surface area contributed by atoms with Gasteiger partial charge in [0.2, 0.25) is 0 Å². The summed E-state index contributed by atoms with van der Waals surface area (Å²) in [5.74, 6) is 0.584. The molecule has 2 aromatic heterocycles.